The van der Waals surface area contributed by atoms with Gasteiger partial charge in [-0.2, -0.15) is 0 Å². The van der Waals surface area contributed by atoms with Crippen LogP contribution in [0.25, 0.3) is 11.1 Å². The Labute approximate surface area is 134 Å². The summed E-state index contributed by atoms with van der Waals surface area (Å²) in [5.74, 6) is -0.0192. The summed E-state index contributed by atoms with van der Waals surface area (Å²) in [6.07, 6.45) is 4.00. The Morgan fingerprint density at radius 3 is 2.77 bits per heavy atom. The molecule has 1 aliphatic heterocycles. The Morgan fingerprint density at radius 2 is 2.00 bits per heavy atom. The maximum atomic E-state index is 10.4. The lowest BCUT2D eigenvalue weighted by Gasteiger charge is -2.40. The maximum absolute atomic E-state index is 10.4. The zero-order valence-corrected chi connectivity index (χ0v) is 13.6. The van der Waals surface area contributed by atoms with Crippen molar-refractivity contribution in [1.29, 1.82) is 0 Å². The molecule has 0 spiro atoms. The van der Waals surface area contributed by atoms with Crippen molar-refractivity contribution in [3.63, 3.8) is 0 Å². The number of hydrogen-bond donors (Lipinski definition) is 2. The SMILES string of the molecule is CSc1cc2c3c(c1)-c1c(ccc(O)c1O)C[C@H]3N(C)CC2. The second kappa shape index (κ2) is 4.93. The third-order valence-corrected chi connectivity index (χ3v) is 5.71. The van der Waals surface area contributed by atoms with Crippen molar-refractivity contribution in [3.05, 3.63) is 41.0 Å². The number of phenolic OH excluding ortho intramolecular Hbond substituents is 2. The van der Waals surface area contributed by atoms with Crippen LogP contribution in [0.4, 0.5) is 0 Å². The molecule has 22 heavy (non-hydrogen) atoms. The molecule has 4 rings (SSSR count). The highest BCUT2D eigenvalue weighted by molar-refractivity contribution is 7.98. The number of benzene rings is 2. The van der Waals surface area contributed by atoms with E-state index >= 15 is 0 Å². The summed E-state index contributed by atoms with van der Waals surface area (Å²) in [6.45, 7) is 1.06. The van der Waals surface area contributed by atoms with Crippen LogP contribution in [-0.4, -0.2) is 35.0 Å². The minimum absolute atomic E-state index is 0.0182. The average Bonchev–Trinajstić information content (AvgIpc) is 2.53. The molecule has 0 aromatic heterocycles. The van der Waals surface area contributed by atoms with Crippen LogP contribution in [0, 0.1) is 0 Å². The van der Waals surface area contributed by atoms with Gasteiger partial charge in [0, 0.05) is 23.0 Å². The van der Waals surface area contributed by atoms with E-state index in [0.717, 1.165) is 36.1 Å². The van der Waals surface area contributed by atoms with Crippen LogP contribution in [0.3, 0.4) is 0 Å². The van der Waals surface area contributed by atoms with Crippen molar-refractivity contribution in [3.8, 4) is 22.6 Å². The second-order valence-electron chi connectivity index (χ2n) is 6.17. The lowest BCUT2D eigenvalue weighted by atomic mass is 9.77. The van der Waals surface area contributed by atoms with Crippen LogP contribution in [0.15, 0.2) is 29.2 Å². The lowest BCUT2D eigenvalue weighted by Crippen LogP contribution is -2.35. The number of rotatable bonds is 1. The normalized spacial score (nSPS) is 19.6. The Balaban J connectivity index is 2.06. The lowest BCUT2D eigenvalue weighted by molar-refractivity contribution is 0.227. The van der Waals surface area contributed by atoms with Gasteiger partial charge < -0.3 is 10.2 Å². The van der Waals surface area contributed by atoms with E-state index in [9.17, 15) is 10.2 Å². The Morgan fingerprint density at radius 1 is 1.18 bits per heavy atom. The maximum Gasteiger partial charge on any atom is 0.165 e. The van der Waals surface area contributed by atoms with Gasteiger partial charge in [-0.15, -0.1) is 11.8 Å². The topological polar surface area (TPSA) is 43.7 Å². The third-order valence-electron chi connectivity index (χ3n) is 5.00. The molecule has 2 aliphatic rings. The van der Waals surface area contributed by atoms with Crippen molar-refractivity contribution in [2.45, 2.75) is 23.8 Å². The van der Waals surface area contributed by atoms with Gasteiger partial charge in [0.25, 0.3) is 0 Å². The first-order chi connectivity index (χ1) is 10.6. The van der Waals surface area contributed by atoms with Gasteiger partial charge in [0.05, 0.1) is 0 Å². The summed E-state index contributed by atoms with van der Waals surface area (Å²) in [4.78, 5) is 3.62. The average molecular weight is 313 g/mol. The molecule has 4 heteroatoms. The highest BCUT2D eigenvalue weighted by Gasteiger charge is 2.34. The van der Waals surface area contributed by atoms with Gasteiger partial charge >= 0.3 is 0 Å². The van der Waals surface area contributed by atoms with Gasteiger partial charge in [-0.3, -0.25) is 4.90 Å². The van der Waals surface area contributed by atoms with E-state index < -0.39 is 0 Å². The summed E-state index contributed by atoms with van der Waals surface area (Å²) in [5, 5.41) is 20.3. The quantitative estimate of drug-likeness (QED) is 0.624. The van der Waals surface area contributed by atoms with Crippen molar-refractivity contribution in [2.75, 3.05) is 19.8 Å². The van der Waals surface area contributed by atoms with Crippen molar-refractivity contribution >= 4 is 11.8 Å². The number of nitrogens with zero attached hydrogens (tertiary/aromatic N) is 1. The first-order valence-electron chi connectivity index (χ1n) is 7.55. The zero-order valence-electron chi connectivity index (χ0n) is 12.8. The first-order valence-corrected chi connectivity index (χ1v) is 8.78. The summed E-state index contributed by atoms with van der Waals surface area (Å²) in [6, 6.07) is 8.36. The highest BCUT2D eigenvalue weighted by Crippen LogP contribution is 2.50. The summed E-state index contributed by atoms with van der Waals surface area (Å²) < 4.78 is 0. The number of likely N-dealkylation sites (N-methyl/N-ethyl adjacent to an activating group) is 1. The van der Waals surface area contributed by atoms with Gasteiger partial charge in [0.2, 0.25) is 0 Å². The van der Waals surface area contributed by atoms with Gasteiger partial charge in [-0.05, 0) is 66.6 Å². The van der Waals surface area contributed by atoms with E-state index in [1.807, 2.05) is 6.07 Å². The van der Waals surface area contributed by atoms with Gasteiger partial charge in [0.1, 0.15) is 0 Å². The molecule has 0 saturated carbocycles. The molecule has 0 radical (unpaired) electrons. The number of aromatic hydroxyl groups is 2. The predicted molar refractivity (Wildman–Crippen MR) is 89.8 cm³/mol. The number of phenols is 2. The Kier molecular flexibility index (Phi) is 3.13. The van der Waals surface area contributed by atoms with Crippen LogP contribution < -0.4 is 0 Å². The number of thioether (sulfide) groups is 1. The van der Waals surface area contributed by atoms with E-state index in [-0.39, 0.29) is 11.5 Å². The molecule has 0 saturated heterocycles. The molecule has 114 valence electrons. The minimum Gasteiger partial charge on any atom is -0.504 e. The largest absolute Gasteiger partial charge is 0.504 e. The molecule has 1 atom stereocenters. The van der Waals surface area contributed by atoms with Crippen molar-refractivity contribution in [1.82, 2.24) is 4.90 Å². The molecule has 2 aromatic rings. The van der Waals surface area contributed by atoms with Crippen LogP contribution in [0.1, 0.15) is 22.7 Å². The molecule has 0 unspecified atom stereocenters. The molecular formula is C18H19NO2S. The molecule has 1 aliphatic carbocycles. The molecule has 0 bridgehead atoms. The molecule has 2 aromatic carbocycles. The molecule has 0 amide bonds. The molecule has 0 fully saturated rings. The predicted octanol–water partition coefficient (Wildman–Crippen LogP) is 3.57. The van der Waals surface area contributed by atoms with E-state index in [1.165, 1.54) is 16.0 Å². The van der Waals surface area contributed by atoms with E-state index in [4.69, 9.17) is 0 Å². The monoisotopic (exact) mass is 313 g/mol. The number of hydrogen-bond acceptors (Lipinski definition) is 4. The summed E-state index contributed by atoms with van der Waals surface area (Å²) >= 11 is 1.72. The fourth-order valence-electron chi connectivity index (χ4n) is 3.84. The van der Waals surface area contributed by atoms with Crippen LogP contribution in [0.5, 0.6) is 11.5 Å². The summed E-state index contributed by atoms with van der Waals surface area (Å²) in [5.41, 5.74) is 5.75. The standard InChI is InChI=1S/C18H19NO2S/c1-19-6-5-11-7-12(22-2)9-13-16(11)14(19)8-10-3-4-15(20)18(21)17(10)13/h3-4,7,9,14,20-21H,5-6,8H2,1-2H3/t14-/m1/s1. The van der Waals surface area contributed by atoms with Crippen LogP contribution in [0.2, 0.25) is 0 Å². The van der Waals surface area contributed by atoms with Crippen LogP contribution >= 0.6 is 11.8 Å². The van der Waals surface area contributed by atoms with Gasteiger partial charge in [-0.25, -0.2) is 0 Å². The van der Waals surface area contributed by atoms with E-state index in [2.05, 4.69) is 30.3 Å². The molecule has 1 heterocycles. The second-order valence-corrected chi connectivity index (χ2v) is 7.05. The summed E-state index contributed by atoms with van der Waals surface area (Å²) in [7, 11) is 2.17. The van der Waals surface area contributed by atoms with Gasteiger partial charge in [0.15, 0.2) is 11.5 Å². The van der Waals surface area contributed by atoms with Gasteiger partial charge in [-0.1, -0.05) is 6.07 Å². The highest BCUT2D eigenvalue weighted by atomic mass is 32.2. The molecule has 3 nitrogen and oxygen atoms in total. The Bertz CT molecular complexity index is 772. The number of fused-ring (bicyclic) bond motifs is 2. The van der Waals surface area contributed by atoms with E-state index in [1.54, 1.807) is 17.8 Å². The zero-order chi connectivity index (χ0) is 15.4. The van der Waals surface area contributed by atoms with Crippen LogP contribution in [-0.2, 0) is 12.8 Å². The fraction of sp³-hybridized carbons (Fsp3) is 0.333. The third kappa shape index (κ3) is 1.87. The smallest absolute Gasteiger partial charge is 0.165 e. The molecule has 2 N–H and O–H groups in total. The van der Waals surface area contributed by atoms with Crippen molar-refractivity contribution < 1.29 is 10.2 Å². The fourth-order valence-corrected chi connectivity index (χ4v) is 4.34. The Hall–Kier alpha value is -1.65. The first kappa shape index (κ1) is 14.0. The minimum atomic E-state index is -0.0373. The van der Waals surface area contributed by atoms with Crippen molar-refractivity contribution in [2.24, 2.45) is 0 Å². The molecular weight excluding hydrogens is 294 g/mol. The van der Waals surface area contributed by atoms with E-state index in [0.29, 0.717) is 6.04 Å².